The molecular formula is C19H24N4O. The van der Waals surface area contributed by atoms with Crippen molar-refractivity contribution in [3.8, 4) is 11.5 Å². The third-order valence-corrected chi connectivity index (χ3v) is 4.46. The second kappa shape index (κ2) is 6.61. The number of aryl methyl sites for hydroxylation is 3. The van der Waals surface area contributed by atoms with Crippen LogP contribution in [0.5, 0.6) is 0 Å². The van der Waals surface area contributed by atoms with E-state index < -0.39 is 0 Å². The van der Waals surface area contributed by atoms with Crippen LogP contribution in [0.3, 0.4) is 0 Å². The molecule has 5 nitrogen and oxygen atoms in total. The zero-order valence-electron chi connectivity index (χ0n) is 15.0. The average molecular weight is 324 g/mol. The van der Waals surface area contributed by atoms with Crippen LogP contribution < -0.4 is 0 Å². The summed E-state index contributed by atoms with van der Waals surface area (Å²) in [7, 11) is 4.06. The first-order valence-corrected chi connectivity index (χ1v) is 8.14. The Morgan fingerprint density at radius 1 is 1.12 bits per heavy atom. The Morgan fingerprint density at radius 2 is 1.88 bits per heavy atom. The lowest BCUT2D eigenvalue weighted by Gasteiger charge is -2.15. The average Bonchev–Trinajstić information content (AvgIpc) is 3.05. The molecule has 3 aromatic rings. The number of aromatic nitrogens is 3. The number of oxazole rings is 1. The van der Waals surface area contributed by atoms with Crippen LogP contribution in [0.4, 0.5) is 0 Å². The molecule has 0 unspecified atom stereocenters. The van der Waals surface area contributed by atoms with Crippen LogP contribution in [0.25, 0.3) is 11.5 Å². The molecule has 1 aromatic carbocycles. The van der Waals surface area contributed by atoms with Gasteiger partial charge in [0.1, 0.15) is 5.76 Å². The lowest BCUT2D eigenvalue weighted by atomic mass is 10.1. The summed E-state index contributed by atoms with van der Waals surface area (Å²) in [6, 6.07) is 8.16. The Bertz CT molecular complexity index is 847. The molecule has 3 rings (SSSR count). The third kappa shape index (κ3) is 3.26. The fourth-order valence-electron chi connectivity index (χ4n) is 2.80. The third-order valence-electron chi connectivity index (χ3n) is 4.46. The number of hydrogen-bond donors (Lipinski definition) is 0. The van der Waals surface area contributed by atoms with Crippen LogP contribution in [-0.4, -0.2) is 26.7 Å². The number of hydrogen-bond acceptors (Lipinski definition) is 4. The van der Waals surface area contributed by atoms with Crippen LogP contribution in [0.15, 0.2) is 34.9 Å². The van der Waals surface area contributed by atoms with E-state index in [1.807, 2.05) is 43.0 Å². The Labute approximate surface area is 142 Å². The van der Waals surface area contributed by atoms with Crippen LogP contribution in [0, 0.1) is 20.8 Å². The number of rotatable bonds is 5. The molecule has 0 aliphatic rings. The predicted molar refractivity (Wildman–Crippen MR) is 94.5 cm³/mol. The predicted octanol–water partition coefficient (Wildman–Crippen LogP) is 3.63. The molecule has 0 bridgehead atoms. The Balaban J connectivity index is 1.76. The highest BCUT2D eigenvalue weighted by atomic mass is 16.4. The minimum Gasteiger partial charge on any atom is -0.441 e. The fraction of sp³-hybridized carbons (Fsp3) is 0.368. The molecule has 0 aliphatic heterocycles. The van der Waals surface area contributed by atoms with Gasteiger partial charge in [-0.05, 0) is 39.4 Å². The van der Waals surface area contributed by atoms with Gasteiger partial charge < -0.3 is 4.42 Å². The number of benzene rings is 1. The van der Waals surface area contributed by atoms with E-state index >= 15 is 0 Å². The van der Waals surface area contributed by atoms with Crippen molar-refractivity contribution in [3.63, 3.8) is 0 Å². The molecule has 126 valence electrons. The van der Waals surface area contributed by atoms with Crippen molar-refractivity contribution in [2.45, 2.75) is 33.9 Å². The monoisotopic (exact) mass is 324 g/mol. The second-order valence-electron chi connectivity index (χ2n) is 6.39. The molecule has 0 atom stereocenters. The maximum atomic E-state index is 5.91. The van der Waals surface area contributed by atoms with Gasteiger partial charge >= 0.3 is 0 Å². The van der Waals surface area contributed by atoms with Gasteiger partial charge in [-0.3, -0.25) is 9.58 Å². The summed E-state index contributed by atoms with van der Waals surface area (Å²) < 4.78 is 7.81. The fourth-order valence-corrected chi connectivity index (χ4v) is 2.80. The topological polar surface area (TPSA) is 47.1 Å². The standard InChI is InChI=1S/C19H24N4O/c1-13-8-6-7-9-17(13)19-21-18(15(3)24-19)12-22(4)11-16-10-20-23(5)14(16)2/h6-10H,11-12H2,1-5H3. The largest absolute Gasteiger partial charge is 0.441 e. The van der Waals surface area contributed by atoms with Gasteiger partial charge in [-0.2, -0.15) is 5.10 Å². The molecule has 2 aromatic heterocycles. The summed E-state index contributed by atoms with van der Waals surface area (Å²) in [6.45, 7) is 7.73. The van der Waals surface area contributed by atoms with Gasteiger partial charge in [0.05, 0.1) is 11.9 Å². The van der Waals surface area contributed by atoms with Gasteiger partial charge in [0, 0.05) is 37.0 Å². The van der Waals surface area contributed by atoms with Crippen LogP contribution in [0.1, 0.15) is 28.3 Å². The molecule has 0 amide bonds. The first kappa shape index (κ1) is 16.5. The van der Waals surface area contributed by atoms with E-state index in [2.05, 4.69) is 37.0 Å². The van der Waals surface area contributed by atoms with Crippen molar-refractivity contribution in [2.24, 2.45) is 7.05 Å². The van der Waals surface area contributed by atoms with E-state index in [-0.39, 0.29) is 0 Å². The normalized spacial score (nSPS) is 11.4. The molecule has 0 aliphatic carbocycles. The molecule has 0 radical (unpaired) electrons. The highest BCUT2D eigenvalue weighted by molar-refractivity contribution is 5.58. The van der Waals surface area contributed by atoms with Gasteiger partial charge in [0.2, 0.25) is 5.89 Å². The van der Waals surface area contributed by atoms with Gasteiger partial charge in [0.15, 0.2) is 0 Å². The first-order valence-electron chi connectivity index (χ1n) is 8.14. The van der Waals surface area contributed by atoms with E-state index in [1.165, 1.54) is 16.8 Å². The van der Waals surface area contributed by atoms with E-state index in [4.69, 9.17) is 9.40 Å². The molecule has 0 fully saturated rings. The molecular weight excluding hydrogens is 300 g/mol. The van der Waals surface area contributed by atoms with Crippen molar-refractivity contribution < 1.29 is 4.42 Å². The van der Waals surface area contributed by atoms with Crippen molar-refractivity contribution in [3.05, 3.63) is 58.7 Å². The van der Waals surface area contributed by atoms with Crippen molar-refractivity contribution >= 4 is 0 Å². The van der Waals surface area contributed by atoms with Crippen molar-refractivity contribution in [1.29, 1.82) is 0 Å². The molecule has 24 heavy (non-hydrogen) atoms. The zero-order chi connectivity index (χ0) is 17.3. The summed E-state index contributed by atoms with van der Waals surface area (Å²) >= 11 is 0. The van der Waals surface area contributed by atoms with E-state index in [1.54, 1.807) is 0 Å². The molecule has 2 heterocycles. The molecule has 5 heteroatoms. The maximum Gasteiger partial charge on any atom is 0.226 e. The lowest BCUT2D eigenvalue weighted by Crippen LogP contribution is -2.18. The first-order chi connectivity index (χ1) is 11.5. The highest BCUT2D eigenvalue weighted by Gasteiger charge is 2.15. The van der Waals surface area contributed by atoms with Crippen LogP contribution >= 0.6 is 0 Å². The number of nitrogens with zero attached hydrogens (tertiary/aromatic N) is 4. The lowest BCUT2D eigenvalue weighted by molar-refractivity contribution is 0.312. The second-order valence-corrected chi connectivity index (χ2v) is 6.39. The van der Waals surface area contributed by atoms with Gasteiger partial charge in [-0.15, -0.1) is 0 Å². The molecule has 0 spiro atoms. The van der Waals surface area contributed by atoms with Crippen molar-refractivity contribution in [2.75, 3.05) is 7.05 Å². The molecule has 0 saturated carbocycles. The summed E-state index contributed by atoms with van der Waals surface area (Å²) in [5.41, 5.74) is 5.64. The van der Waals surface area contributed by atoms with Gasteiger partial charge in [-0.1, -0.05) is 18.2 Å². The summed E-state index contributed by atoms with van der Waals surface area (Å²) in [4.78, 5) is 6.95. The minimum absolute atomic E-state index is 0.701. The zero-order valence-corrected chi connectivity index (χ0v) is 15.0. The van der Waals surface area contributed by atoms with E-state index in [9.17, 15) is 0 Å². The summed E-state index contributed by atoms with van der Waals surface area (Å²) in [6.07, 6.45) is 1.93. The Kier molecular flexibility index (Phi) is 4.53. The van der Waals surface area contributed by atoms with Crippen LogP contribution in [-0.2, 0) is 20.1 Å². The quantitative estimate of drug-likeness (QED) is 0.719. The molecule has 0 N–H and O–H groups in total. The smallest absolute Gasteiger partial charge is 0.226 e. The Morgan fingerprint density at radius 3 is 2.54 bits per heavy atom. The minimum atomic E-state index is 0.701. The highest BCUT2D eigenvalue weighted by Crippen LogP contribution is 2.25. The Hall–Kier alpha value is -2.40. The van der Waals surface area contributed by atoms with Crippen LogP contribution in [0.2, 0.25) is 0 Å². The van der Waals surface area contributed by atoms with E-state index in [0.717, 1.165) is 30.1 Å². The van der Waals surface area contributed by atoms with Crippen molar-refractivity contribution in [1.82, 2.24) is 19.7 Å². The van der Waals surface area contributed by atoms with E-state index in [0.29, 0.717) is 5.89 Å². The summed E-state index contributed by atoms with van der Waals surface area (Å²) in [5.74, 6) is 1.58. The van der Waals surface area contributed by atoms with Gasteiger partial charge in [0.25, 0.3) is 0 Å². The SMILES string of the molecule is Cc1ccccc1-c1nc(CN(C)Cc2cnn(C)c2C)c(C)o1. The van der Waals surface area contributed by atoms with Gasteiger partial charge in [-0.25, -0.2) is 4.98 Å². The molecule has 0 saturated heterocycles. The maximum absolute atomic E-state index is 5.91. The summed E-state index contributed by atoms with van der Waals surface area (Å²) in [5, 5.41) is 4.30.